The number of aromatic amines is 2. The second kappa shape index (κ2) is 5.16. The van der Waals surface area contributed by atoms with Crippen molar-refractivity contribution in [1.29, 1.82) is 0 Å². The normalized spacial score (nSPS) is 10.5. The first-order chi connectivity index (χ1) is 10.2. The topological polar surface area (TPSA) is 96.8 Å². The molecule has 0 unspecified atom stereocenters. The minimum Gasteiger partial charge on any atom is -0.497 e. The maximum absolute atomic E-state index is 11.2. The summed E-state index contributed by atoms with van der Waals surface area (Å²) in [7, 11) is 1.62. The van der Waals surface area contributed by atoms with E-state index in [9.17, 15) is 4.79 Å². The van der Waals surface area contributed by atoms with E-state index in [1.807, 2.05) is 24.3 Å². The van der Waals surface area contributed by atoms with Gasteiger partial charge in [-0.2, -0.15) is 5.10 Å². The Morgan fingerprint density at radius 1 is 1.10 bits per heavy atom. The van der Waals surface area contributed by atoms with Gasteiger partial charge in [0.2, 0.25) is 5.56 Å². The van der Waals surface area contributed by atoms with Gasteiger partial charge in [0.15, 0.2) is 5.82 Å². The van der Waals surface area contributed by atoms with E-state index in [0.29, 0.717) is 5.82 Å². The maximum atomic E-state index is 11.2. The lowest BCUT2D eigenvalue weighted by Gasteiger charge is -2.06. The molecule has 0 radical (unpaired) electrons. The highest BCUT2D eigenvalue weighted by Gasteiger charge is 2.14. The van der Waals surface area contributed by atoms with E-state index in [1.54, 1.807) is 19.4 Å². The Kier molecular flexibility index (Phi) is 3.19. The number of benzene rings is 1. The Morgan fingerprint density at radius 2 is 1.81 bits per heavy atom. The second-order valence-corrected chi connectivity index (χ2v) is 4.53. The zero-order chi connectivity index (χ0) is 14.8. The third-order valence-corrected chi connectivity index (χ3v) is 3.25. The average Bonchev–Trinajstić information content (AvgIpc) is 2.90. The first-order valence-corrected chi connectivity index (χ1v) is 6.36. The van der Waals surface area contributed by atoms with Gasteiger partial charge in [0.1, 0.15) is 5.75 Å². The Bertz CT molecular complexity index is 798. The van der Waals surface area contributed by atoms with Gasteiger partial charge in [-0.1, -0.05) is 12.1 Å². The molecule has 21 heavy (non-hydrogen) atoms. The second-order valence-electron chi connectivity index (χ2n) is 4.53. The summed E-state index contributed by atoms with van der Waals surface area (Å²) < 4.78 is 5.15. The van der Waals surface area contributed by atoms with Crippen LogP contribution in [0.3, 0.4) is 0 Å². The van der Waals surface area contributed by atoms with Crippen molar-refractivity contribution in [3.63, 3.8) is 0 Å². The van der Waals surface area contributed by atoms with Crippen molar-refractivity contribution < 1.29 is 4.74 Å². The van der Waals surface area contributed by atoms with E-state index >= 15 is 0 Å². The van der Waals surface area contributed by atoms with Crippen molar-refractivity contribution in [2.45, 2.75) is 0 Å². The van der Waals surface area contributed by atoms with E-state index < -0.39 is 0 Å². The van der Waals surface area contributed by atoms with Crippen LogP contribution >= 0.6 is 0 Å². The summed E-state index contributed by atoms with van der Waals surface area (Å²) >= 11 is 0. The number of hydrogen-bond donors (Lipinski definition) is 3. The van der Waals surface area contributed by atoms with Crippen LogP contribution in [0.2, 0.25) is 0 Å². The number of H-pyrrole nitrogens is 2. The van der Waals surface area contributed by atoms with Gasteiger partial charge in [0.05, 0.1) is 18.4 Å². The van der Waals surface area contributed by atoms with Crippen LogP contribution in [0.25, 0.3) is 22.4 Å². The third-order valence-electron chi connectivity index (χ3n) is 3.25. The number of aromatic nitrogens is 3. The highest BCUT2D eigenvalue weighted by Crippen LogP contribution is 2.34. The van der Waals surface area contributed by atoms with Gasteiger partial charge in [-0.25, -0.2) is 0 Å². The summed E-state index contributed by atoms with van der Waals surface area (Å²) in [5.41, 5.74) is 9.09. The number of methoxy groups -OCH3 is 1. The molecule has 0 saturated heterocycles. The zero-order valence-electron chi connectivity index (χ0n) is 11.4. The molecule has 3 rings (SSSR count). The van der Waals surface area contributed by atoms with E-state index in [1.165, 1.54) is 6.07 Å². The predicted octanol–water partition coefficient (Wildman–Crippen LogP) is 2.02. The summed E-state index contributed by atoms with van der Waals surface area (Å²) in [4.78, 5) is 13.8. The molecule has 0 bridgehead atoms. The highest BCUT2D eigenvalue weighted by molar-refractivity contribution is 5.87. The maximum Gasteiger partial charge on any atom is 0.247 e. The van der Waals surface area contributed by atoms with Crippen molar-refractivity contribution in [3.8, 4) is 28.1 Å². The third kappa shape index (κ3) is 2.38. The molecule has 1 aromatic carbocycles. The Hall–Kier alpha value is -3.02. The molecule has 2 heterocycles. The SMILES string of the molecule is COc1ccc(-c2c(N)n[nH]c2-c2ccc(=O)[nH]c2)cc1. The van der Waals surface area contributed by atoms with Gasteiger partial charge in [-0.3, -0.25) is 9.89 Å². The Morgan fingerprint density at radius 3 is 2.43 bits per heavy atom. The Labute approximate surface area is 120 Å². The molecule has 2 aromatic heterocycles. The van der Waals surface area contributed by atoms with E-state index in [2.05, 4.69) is 15.2 Å². The summed E-state index contributed by atoms with van der Waals surface area (Å²) in [6.07, 6.45) is 1.63. The molecule has 0 aliphatic carbocycles. The van der Waals surface area contributed by atoms with Gasteiger partial charge >= 0.3 is 0 Å². The van der Waals surface area contributed by atoms with Crippen LogP contribution < -0.4 is 16.0 Å². The molecule has 0 saturated carbocycles. The van der Waals surface area contributed by atoms with Crippen LogP contribution in [0.5, 0.6) is 5.75 Å². The molecule has 0 atom stereocenters. The number of hydrogen-bond acceptors (Lipinski definition) is 4. The molecule has 0 spiro atoms. The smallest absolute Gasteiger partial charge is 0.247 e. The molecule has 0 aliphatic rings. The standard InChI is InChI=1S/C15H14N4O2/c1-21-11-5-2-9(3-6-11)13-14(18-19-15(13)16)10-4-7-12(20)17-8-10/h2-8H,1H3,(H,17,20)(H3,16,18,19). The lowest BCUT2D eigenvalue weighted by atomic mass is 10.0. The van der Waals surface area contributed by atoms with E-state index in [-0.39, 0.29) is 5.56 Å². The van der Waals surface area contributed by atoms with Crippen molar-refractivity contribution in [1.82, 2.24) is 15.2 Å². The van der Waals surface area contributed by atoms with Crippen LogP contribution in [0.15, 0.2) is 47.4 Å². The average molecular weight is 282 g/mol. The van der Waals surface area contributed by atoms with Crippen molar-refractivity contribution in [2.24, 2.45) is 0 Å². The molecule has 106 valence electrons. The fourth-order valence-corrected chi connectivity index (χ4v) is 2.18. The van der Waals surface area contributed by atoms with Crippen molar-refractivity contribution >= 4 is 5.82 Å². The number of nitrogens with two attached hydrogens (primary N) is 1. The summed E-state index contributed by atoms with van der Waals surface area (Å²) in [5, 5.41) is 6.97. The van der Waals surface area contributed by atoms with E-state index in [0.717, 1.165) is 28.1 Å². The molecule has 3 aromatic rings. The first kappa shape index (κ1) is 13.0. The lowest BCUT2D eigenvalue weighted by molar-refractivity contribution is 0.415. The summed E-state index contributed by atoms with van der Waals surface area (Å²) in [6.45, 7) is 0. The number of nitrogens with one attached hydrogen (secondary N) is 2. The molecule has 4 N–H and O–H groups in total. The van der Waals surface area contributed by atoms with Crippen LogP contribution in [0.4, 0.5) is 5.82 Å². The summed E-state index contributed by atoms with van der Waals surface area (Å²) in [5.74, 6) is 1.17. The van der Waals surface area contributed by atoms with Gasteiger partial charge in [-0.05, 0) is 23.8 Å². The summed E-state index contributed by atoms with van der Waals surface area (Å²) in [6, 6.07) is 10.7. The number of anilines is 1. The molecule has 0 fully saturated rings. The molecular weight excluding hydrogens is 268 g/mol. The van der Waals surface area contributed by atoms with E-state index in [4.69, 9.17) is 10.5 Å². The van der Waals surface area contributed by atoms with Crippen molar-refractivity contribution in [2.75, 3.05) is 12.8 Å². The van der Waals surface area contributed by atoms with Gasteiger partial charge in [0, 0.05) is 17.8 Å². The van der Waals surface area contributed by atoms with Crippen LogP contribution in [-0.2, 0) is 0 Å². The zero-order valence-corrected chi connectivity index (χ0v) is 11.4. The monoisotopic (exact) mass is 282 g/mol. The molecule has 6 nitrogen and oxygen atoms in total. The lowest BCUT2D eigenvalue weighted by Crippen LogP contribution is -2.01. The number of nitrogen functional groups attached to an aromatic ring is 1. The minimum absolute atomic E-state index is 0.155. The minimum atomic E-state index is -0.155. The number of nitrogens with zero attached hydrogens (tertiary/aromatic N) is 1. The predicted molar refractivity (Wildman–Crippen MR) is 81.0 cm³/mol. The Balaban J connectivity index is 2.11. The highest BCUT2D eigenvalue weighted by atomic mass is 16.5. The van der Waals surface area contributed by atoms with Crippen LogP contribution in [0.1, 0.15) is 0 Å². The quantitative estimate of drug-likeness (QED) is 0.684. The van der Waals surface area contributed by atoms with Crippen LogP contribution in [-0.4, -0.2) is 22.3 Å². The number of ether oxygens (including phenoxy) is 1. The molecule has 0 amide bonds. The first-order valence-electron chi connectivity index (χ1n) is 6.36. The van der Waals surface area contributed by atoms with Gasteiger partial charge < -0.3 is 15.5 Å². The molecule has 0 aliphatic heterocycles. The van der Waals surface area contributed by atoms with Gasteiger partial charge in [0.25, 0.3) is 0 Å². The fourth-order valence-electron chi connectivity index (χ4n) is 2.18. The molecule has 6 heteroatoms. The number of rotatable bonds is 3. The largest absolute Gasteiger partial charge is 0.497 e. The van der Waals surface area contributed by atoms with Crippen molar-refractivity contribution in [3.05, 3.63) is 52.9 Å². The number of pyridine rings is 1. The fraction of sp³-hybridized carbons (Fsp3) is 0.0667. The van der Waals surface area contributed by atoms with Crippen LogP contribution in [0, 0.1) is 0 Å². The van der Waals surface area contributed by atoms with Gasteiger partial charge in [-0.15, -0.1) is 0 Å². The molecular formula is C15H14N4O2.